The van der Waals surface area contributed by atoms with Gasteiger partial charge in [-0.2, -0.15) is 0 Å². The summed E-state index contributed by atoms with van der Waals surface area (Å²) < 4.78 is 22.2. The van der Waals surface area contributed by atoms with Gasteiger partial charge in [-0.1, -0.05) is 19.8 Å². The molecule has 1 aliphatic rings. The summed E-state index contributed by atoms with van der Waals surface area (Å²) in [6.45, 7) is 2.74. The molecular formula is C11H23NO3S. The van der Waals surface area contributed by atoms with Gasteiger partial charge in [0.05, 0.1) is 12.4 Å². The molecule has 0 aromatic rings. The van der Waals surface area contributed by atoms with Gasteiger partial charge >= 0.3 is 0 Å². The fraction of sp³-hybridized carbons (Fsp3) is 1.00. The first-order valence-electron chi connectivity index (χ1n) is 5.90. The summed E-state index contributed by atoms with van der Waals surface area (Å²) in [4.78, 5) is 0. The van der Waals surface area contributed by atoms with Crippen molar-refractivity contribution in [2.75, 3.05) is 25.2 Å². The summed E-state index contributed by atoms with van der Waals surface area (Å²) >= 11 is 0. The third kappa shape index (κ3) is 4.39. The fourth-order valence-electron chi connectivity index (χ4n) is 2.41. The Morgan fingerprint density at radius 3 is 2.38 bits per heavy atom. The molecule has 96 valence electrons. The molecule has 0 aromatic carbocycles. The first-order valence-corrected chi connectivity index (χ1v) is 7.97. The monoisotopic (exact) mass is 249 g/mol. The molecule has 1 atom stereocenters. The standard InChI is InChI=1S/C11H23NO3S/c1-10(8-16(2,14)15)7-12-11(9-13)5-3-4-6-11/h10,12-13H,3-9H2,1-2H3. The minimum Gasteiger partial charge on any atom is -0.394 e. The predicted molar refractivity (Wildman–Crippen MR) is 65.2 cm³/mol. The Labute approximate surface area is 98.4 Å². The van der Waals surface area contributed by atoms with E-state index in [-0.39, 0.29) is 23.8 Å². The predicted octanol–water partition coefficient (Wildman–Crippen LogP) is 0.562. The van der Waals surface area contributed by atoms with E-state index in [2.05, 4.69) is 5.32 Å². The van der Waals surface area contributed by atoms with Crippen molar-refractivity contribution in [1.82, 2.24) is 5.32 Å². The average molecular weight is 249 g/mol. The Morgan fingerprint density at radius 1 is 1.38 bits per heavy atom. The molecule has 0 amide bonds. The molecule has 16 heavy (non-hydrogen) atoms. The highest BCUT2D eigenvalue weighted by molar-refractivity contribution is 7.90. The van der Waals surface area contributed by atoms with Crippen LogP contribution in [-0.4, -0.2) is 44.2 Å². The highest BCUT2D eigenvalue weighted by Crippen LogP contribution is 2.29. The van der Waals surface area contributed by atoms with Gasteiger partial charge in [0.1, 0.15) is 9.84 Å². The Hall–Kier alpha value is -0.130. The lowest BCUT2D eigenvalue weighted by molar-refractivity contribution is 0.161. The van der Waals surface area contributed by atoms with Crippen molar-refractivity contribution in [2.24, 2.45) is 5.92 Å². The quantitative estimate of drug-likeness (QED) is 0.722. The first kappa shape index (κ1) is 13.9. The van der Waals surface area contributed by atoms with Gasteiger partial charge in [0.25, 0.3) is 0 Å². The third-order valence-corrected chi connectivity index (χ3v) is 4.45. The normalized spacial score (nSPS) is 22.2. The SMILES string of the molecule is CC(CNC1(CO)CCCC1)CS(C)(=O)=O. The lowest BCUT2D eigenvalue weighted by Crippen LogP contribution is -2.48. The summed E-state index contributed by atoms with van der Waals surface area (Å²) in [5.41, 5.74) is -0.147. The van der Waals surface area contributed by atoms with Crippen LogP contribution < -0.4 is 5.32 Å². The van der Waals surface area contributed by atoms with E-state index in [1.54, 1.807) is 0 Å². The van der Waals surface area contributed by atoms with E-state index in [4.69, 9.17) is 0 Å². The molecule has 0 aromatic heterocycles. The van der Waals surface area contributed by atoms with Crippen molar-refractivity contribution in [3.05, 3.63) is 0 Å². The van der Waals surface area contributed by atoms with Crippen LogP contribution in [0.5, 0.6) is 0 Å². The number of aliphatic hydroxyl groups excluding tert-OH is 1. The van der Waals surface area contributed by atoms with E-state index in [9.17, 15) is 13.5 Å². The number of hydrogen-bond donors (Lipinski definition) is 2. The van der Waals surface area contributed by atoms with Crippen molar-refractivity contribution in [1.29, 1.82) is 0 Å². The van der Waals surface area contributed by atoms with Crippen molar-refractivity contribution < 1.29 is 13.5 Å². The van der Waals surface area contributed by atoms with Crippen molar-refractivity contribution in [3.63, 3.8) is 0 Å². The van der Waals surface area contributed by atoms with E-state index in [0.29, 0.717) is 6.54 Å². The molecule has 0 radical (unpaired) electrons. The number of sulfone groups is 1. The zero-order valence-corrected chi connectivity index (χ0v) is 11.0. The Kier molecular flexibility index (Phi) is 4.76. The molecular weight excluding hydrogens is 226 g/mol. The second-order valence-electron chi connectivity index (χ2n) is 5.22. The molecule has 1 saturated carbocycles. The Balaban J connectivity index is 2.38. The van der Waals surface area contributed by atoms with Crippen LogP contribution in [0.3, 0.4) is 0 Å². The van der Waals surface area contributed by atoms with Crippen LogP contribution in [0.15, 0.2) is 0 Å². The summed E-state index contributed by atoms with van der Waals surface area (Å²) in [5, 5.41) is 12.7. The first-order chi connectivity index (χ1) is 7.37. The molecule has 0 aliphatic heterocycles. The van der Waals surface area contributed by atoms with Crippen LogP contribution in [0, 0.1) is 5.92 Å². The number of rotatable bonds is 6. The van der Waals surface area contributed by atoms with E-state index in [1.165, 1.54) is 6.26 Å². The van der Waals surface area contributed by atoms with Crippen molar-refractivity contribution in [3.8, 4) is 0 Å². The van der Waals surface area contributed by atoms with E-state index in [1.807, 2.05) is 6.92 Å². The Bertz CT molecular complexity index is 307. The summed E-state index contributed by atoms with van der Waals surface area (Å²) in [6.07, 6.45) is 5.55. The van der Waals surface area contributed by atoms with Gasteiger partial charge in [0.2, 0.25) is 0 Å². The highest BCUT2D eigenvalue weighted by Gasteiger charge is 2.32. The molecule has 0 spiro atoms. The smallest absolute Gasteiger partial charge is 0.147 e. The molecule has 4 nitrogen and oxygen atoms in total. The van der Waals surface area contributed by atoms with Crippen molar-refractivity contribution in [2.45, 2.75) is 38.1 Å². The molecule has 1 fully saturated rings. The molecule has 5 heteroatoms. The summed E-state index contributed by atoms with van der Waals surface area (Å²) in [5.74, 6) is 0.306. The lowest BCUT2D eigenvalue weighted by Gasteiger charge is -2.29. The zero-order valence-electron chi connectivity index (χ0n) is 10.2. The van der Waals surface area contributed by atoms with Gasteiger partial charge in [-0.25, -0.2) is 8.42 Å². The van der Waals surface area contributed by atoms with Gasteiger partial charge in [-0.15, -0.1) is 0 Å². The van der Waals surface area contributed by atoms with Gasteiger partial charge in [-0.05, 0) is 25.3 Å². The van der Waals surface area contributed by atoms with Crippen LogP contribution in [0.4, 0.5) is 0 Å². The van der Waals surface area contributed by atoms with Crippen LogP contribution in [0.25, 0.3) is 0 Å². The molecule has 1 aliphatic carbocycles. The topological polar surface area (TPSA) is 66.4 Å². The van der Waals surface area contributed by atoms with E-state index >= 15 is 0 Å². The highest BCUT2D eigenvalue weighted by atomic mass is 32.2. The second kappa shape index (κ2) is 5.47. The molecule has 2 N–H and O–H groups in total. The van der Waals surface area contributed by atoms with Crippen LogP contribution >= 0.6 is 0 Å². The summed E-state index contributed by atoms with van der Waals surface area (Å²) in [7, 11) is -2.90. The van der Waals surface area contributed by atoms with Crippen molar-refractivity contribution >= 4 is 9.84 Å². The number of aliphatic hydroxyl groups is 1. The second-order valence-corrected chi connectivity index (χ2v) is 7.41. The van der Waals surface area contributed by atoms with Gasteiger partial charge < -0.3 is 10.4 Å². The number of nitrogens with one attached hydrogen (secondary N) is 1. The molecule has 1 unspecified atom stereocenters. The molecule has 0 heterocycles. The maximum atomic E-state index is 11.1. The minimum absolute atomic E-state index is 0.0963. The van der Waals surface area contributed by atoms with Crippen LogP contribution in [0.2, 0.25) is 0 Å². The van der Waals surface area contributed by atoms with E-state index < -0.39 is 9.84 Å². The zero-order chi connectivity index (χ0) is 12.2. The maximum absolute atomic E-state index is 11.1. The minimum atomic E-state index is -2.90. The largest absolute Gasteiger partial charge is 0.394 e. The van der Waals surface area contributed by atoms with Crippen LogP contribution in [-0.2, 0) is 9.84 Å². The van der Waals surface area contributed by atoms with Gasteiger partial charge in [-0.3, -0.25) is 0 Å². The van der Waals surface area contributed by atoms with Gasteiger partial charge in [0.15, 0.2) is 0 Å². The van der Waals surface area contributed by atoms with Crippen LogP contribution in [0.1, 0.15) is 32.6 Å². The number of hydrogen-bond acceptors (Lipinski definition) is 4. The molecule has 0 bridgehead atoms. The summed E-state index contributed by atoms with van der Waals surface area (Å²) in [6, 6.07) is 0. The average Bonchev–Trinajstić information content (AvgIpc) is 2.61. The fourth-order valence-corrected chi connectivity index (χ4v) is 3.56. The third-order valence-electron chi connectivity index (χ3n) is 3.28. The molecule has 1 rings (SSSR count). The maximum Gasteiger partial charge on any atom is 0.147 e. The lowest BCUT2D eigenvalue weighted by atomic mass is 9.98. The Morgan fingerprint density at radius 2 is 1.94 bits per heavy atom. The molecule has 0 saturated heterocycles. The van der Waals surface area contributed by atoms with E-state index in [0.717, 1.165) is 25.7 Å². The van der Waals surface area contributed by atoms with Gasteiger partial charge in [0, 0.05) is 11.8 Å².